The van der Waals surface area contributed by atoms with Crippen molar-refractivity contribution in [1.82, 2.24) is 5.32 Å². The molecule has 0 aliphatic heterocycles. The van der Waals surface area contributed by atoms with Crippen LogP contribution in [0.25, 0.3) is 0 Å². The normalized spacial score (nSPS) is 18.4. The van der Waals surface area contributed by atoms with E-state index in [-0.39, 0.29) is 6.10 Å². The van der Waals surface area contributed by atoms with Crippen LogP contribution in [0.15, 0.2) is 12.1 Å². The fraction of sp³-hybridized carbons (Fsp3) is 0.727. The highest BCUT2D eigenvalue weighted by molar-refractivity contribution is 6.73. The maximum Gasteiger partial charge on any atom is 0.192 e. The Kier molecular flexibility index (Phi) is 8.28. The number of hydrogen-bond donors (Lipinski definition) is 1. The Morgan fingerprint density at radius 2 is 1.63 bits per heavy atom. The summed E-state index contributed by atoms with van der Waals surface area (Å²) in [6.45, 7) is 15.3. The van der Waals surface area contributed by atoms with Crippen LogP contribution in [-0.2, 0) is 4.43 Å². The first-order valence-corrected chi connectivity index (χ1v) is 13.8. The van der Waals surface area contributed by atoms with Gasteiger partial charge >= 0.3 is 0 Å². The van der Waals surface area contributed by atoms with Gasteiger partial charge in [-0.1, -0.05) is 57.8 Å². The van der Waals surface area contributed by atoms with Crippen molar-refractivity contribution < 1.29 is 4.43 Å². The average Bonchev–Trinajstić information content (AvgIpc) is 2.56. The molecule has 1 unspecified atom stereocenters. The molecule has 0 heterocycles. The van der Waals surface area contributed by atoms with Crippen molar-refractivity contribution >= 4 is 31.5 Å². The van der Waals surface area contributed by atoms with Crippen molar-refractivity contribution in [2.75, 3.05) is 13.1 Å². The molecule has 2 nitrogen and oxygen atoms in total. The predicted molar refractivity (Wildman–Crippen MR) is 122 cm³/mol. The predicted octanol–water partition coefficient (Wildman–Crippen LogP) is 7.39. The van der Waals surface area contributed by atoms with Crippen LogP contribution in [0, 0.1) is 18.3 Å². The molecular weight excluding hydrogens is 393 g/mol. The average molecular weight is 431 g/mol. The van der Waals surface area contributed by atoms with E-state index in [1.165, 1.54) is 12.8 Å². The lowest BCUT2D eigenvalue weighted by Gasteiger charge is -2.43. The lowest BCUT2D eigenvalue weighted by Crippen LogP contribution is -2.42. The molecule has 27 heavy (non-hydrogen) atoms. The number of halogens is 2. The second kappa shape index (κ2) is 9.62. The summed E-state index contributed by atoms with van der Waals surface area (Å²) >= 11 is 13.3. The molecule has 1 aromatic rings. The lowest BCUT2D eigenvalue weighted by molar-refractivity contribution is 0.0915. The minimum absolute atomic E-state index is 0.0785. The van der Waals surface area contributed by atoms with E-state index in [0.29, 0.717) is 5.41 Å². The van der Waals surface area contributed by atoms with Gasteiger partial charge in [-0.2, -0.15) is 0 Å². The molecule has 1 aliphatic rings. The molecule has 0 aromatic heterocycles. The van der Waals surface area contributed by atoms with E-state index in [2.05, 4.69) is 39.9 Å². The molecule has 1 aliphatic carbocycles. The molecular formula is C22H37Cl2NOSi. The van der Waals surface area contributed by atoms with Crippen molar-refractivity contribution in [2.24, 2.45) is 11.3 Å². The number of aryl methyl sites for hydroxylation is 1. The maximum atomic E-state index is 6.86. The van der Waals surface area contributed by atoms with Crippen LogP contribution in [0.3, 0.4) is 0 Å². The zero-order valence-electron chi connectivity index (χ0n) is 17.9. The summed E-state index contributed by atoms with van der Waals surface area (Å²) in [6, 6.07) is 7.36. The summed E-state index contributed by atoms with van der Waals surface area (Å²) < 4.78 is 6.86. The Bertz CT molecular complexity index is 591. The first-order chi connectivity index (χ1) is 12.6. The van der Waals surface area contributed by atoms with E-state index >= 15 is 0 Å². The van der Waals surface area contributed by atoms with Crippen molar-refractivity contribution in [3.05, 3.63) is 33.3 Å². The second-order valence-corrected chi connectivity index (χ2v) is 14.6. The van der Waals surface area contributed by atoms with Gasteiger partial charge in [0.1, 0.15) is 0 Å². The van der Waals surface area contributed by atoms with Gasteiger partial charge in [-0.3, -0.25) is 0 Å². The number of hydrogen-bond acceptors (Lipinski definition) is 2. The van der Waals surface area contributed by atoms with Crippen molar-refractivity contribution in [3.8, 4) is 0 Å². The highest BCUT2D eigenvalue weighted by Gasteiger charge is 2.37. The zero-order valence-corrected chi connectivity index (χ0v) is 20.4. The minimum Gasteiger partial charge on any atom is -0.409 e. The smallest absolute Gasteiger partial charge is 0.192 e. The quantitative estimate of drug-likeness (QED) is 0.391. The summed E-state index contributed by atoms with van der Waals surface area (Å²) in [5.41, 5.74) is 2.56. The van der Waals surface area contributed by atoms with Crippen LogP contribution in [0.2, 0.25) is 28.2 Å². The summed E-state index contributed by atoms with van der Waals surface area (Å²) in [4.78, 5) is 0. The third-order valence-corrected chi connectivity index (χ3v) is 11.6. The van der Waals surface area contributed by atoms with Gasteiger partial charge < -0.3 is 9.74 Å². The summed E-state index contributed by atoms with van der Waals surface area (Å²) in [6.07, 6.45) is 2.52. The fourth-order valence-electron chi connectivity index (χ4n) is 4.59. The topological polar surface area (TPSA) is 21.3 Å². The second-order valence-electron chi connectivity index (χ2n) is 9.09. The molecule has 0 spiro atoms. The Balaban J connectivity index is 2.16. The van der Waals surface area contributed by atoms with E-state index in [0.717, 1.165) is 58.3 Å². The van der Waals surface area contributed by atoms with Crippen LogP contribution in [0.1, 0.15) is 64.7 Å². The van der Waals surface area contributed by atoms with Crippen LogP contribution < -0.4 is 5.32 Å². The maximum absolute atomic E-state index is 6.86. The van der Waals surface area contributed by atoms with Gasteiger partial charge in [0.2, 0.25) is 0 Å². The SMILES string of the molecule is CC[Si](CC)(CC)OC(CNCC1CC(C)(C)C1)c1c(Cl)cc(C)cc1Cl. The van der Waals surface area contributed by atoms with Crippen LogP contribution in [0.4, 0.5) is 0 Å². The van der Waals surface area contributed by atoms with Crippen LogP contribution in [0.5, 0.6) is 0 Å². The van der Waals surface area contributed by atoms with E-state index in [1.807, 2.05) is 19.1 Å². The standard InChI is InChI=1S/C22H37Cl2NOSi/c1-7-27(8-2,9-3)26-20(15-25-14-17-12-22(5,6)13-17)21-18(23)10-16(4)11-19(21)24/h10-11,17,20,25H,7-9,12-15H2,1-6H3. The van der Waals surface area contributed by atoms with E-state index in [1.54, 1.807) is 0 Å². The van der Waals surface area contributed by atoms with Crippen molar-refractivity contribution in [3.63, 3.8) is 0 Å². The zero-order chi connectivity index (χ0) is 20.2. The molecule has 2 rings (SSSR count). The van der Waals surface area contributed by atoms with E-state index in [9.17, 15) is 0 Å². The summed E-state index contributed by atoms with van der Waals surface area (Å²) in [5.74, 6) is 0.773. The molecule has 1 aromatic carbocycles. The third kappa shape index (κ3) is 5.96. The molecule has 1 saturated carbocycles. The molecule has 1 fully saturated rings. The highest BCUT2D eigenvalue weighted by atomic mass is 35.5. The van der Waals surface area contributed by atoms with Crippen LogP contribution >= 0.6 is 23.2 Å². The molecule has 1 atom stereocenters. The Hall–Kier alpha value is -0.0631. The highest BCUT2D eigenvalue weighted by Crippen LogP contribution is 2.44. The first kappa shape index (κ1) is 23.2. The molecule has 0 radical (unpaired) electrons. The van der Waals surface area contributed by atoms with Gasteiger partial charge in [0.05, 0.1) is 6.10 Å². The molecule has 5 heteroatoms. The molecule has 154 valence electrons. The number of nitrogens with one attached hydrogen (secondary N) is 1. The Morgan fingerprint density at radius 1 is 1.11 bits per heavy atom. The Labute approximate surface area is 177 Å². The van der Waals surface area contributed by atoms with Gasteiger partial charge in [-0.05, 0) is 73.5 Å². The Morgan fingerprint density at radius 3 is 2.07 bits per heavy atom. The molecule has 0 amide bonds. The van der Waals surface area contributed by atoms with Crippen LogP contribution in [-0.4, -0.2) is 21.4 Å². The van der Waals surface area contributed by atoms with Crippen molar-refractivity contribution in [1.29, 1.82) is 0 Å². The van der Waals surface area contributed by atoms with E-state index < -0.39 is 8.32 Å². The lowest BCUT2D eigenvalue weighted by atomic mass is 9.64. The van der Waals surface area contributed by atoms with Gasteiger partial charge in [-0.25, -0.2) is 0 Å². The monoisotopic (exact) mass is 429 g/mol. The fourth-order valence-corrected chi connectivity index (χ4v) is 8.23. The molecule has 0 bridgehead atoms. The van der Waals surface area contributed by atoms with E-state index in [4.69, 9.17) is 27.6 Å². The molecule has 1 N–H and O–H groups in total. The third-order valence-electron chi connectivity index (χ3n) is 6.32. The number of rotatable bonds is 10. The van der Waals surface area contributed by atoms with Crippen molar-refractivity contribution in [2.45, 2.75) is 78.6 Å². The largest absolute Gasteiger partial charge is 0.409 e. The van der Waals surface area contributed by atoms with Gasteiger partial charge in [0.25, 0.3) is 0 Å². The summed E-state index contributed by atoms with van der Waals surface area (Å²) in [7, 11) is -1.77. The minimum atomic E-state index is -1.77. The first-order valence-electron chi connectivity index (χ1n) is 10.5. The van der Waals surface area contributed by atoms with Gasteiger partial charge in [0, 0.05) is 22.2 Å². The van der Waals surface area contributed by atoms with Gasteiger partial charge in [0.15, 0.2) is 8.32 Å². The number of benzene rings is 1. The van der Waals surface area contributed by atoms with Gasteiger partial charge in [-0.15, -0.1) is 0 Å². The molecule has 0 saturated heterocycles. The summed E-state index contributed by atoms with van der Waals surface area (Å²) in [5, 5.41) is 5.12.